The molecule has 6 heteroatoms. The largest absolute Gasteiger partial charge is 0.347 e. The maximum Gasteiger partial charge on any atom is 0.177 e. The van der Waals surface area contributed by atoms with Crippen molar-refractivity contribution in [1.82, 2.24) is 30.2 Å². The predicted molar refractivity (Wildman–Crippen MR) is 70.5 cm³/mol. The van der Waals surface area contributed by atoms with Gasteiger partial charge in [-0.2, -0.15) is 0 Å². The molecule has 6 nitrogen and oxygen atoms in total. The van der Waals surface area contributed by atoms with Crippen LogP contribution in [0.25, 0.3) is 11.2 Å². The average molecular weight is 254 g/mol. The summed E-state index contributed by atoms with van der Waals surface area (Å²) < 4.78 is 0. The Labute approximate surface area is 109 Å². The minimum atomic E-state index is 0.172. The molecule has 0 aromatic carbocycles. The molecule has 4 rings (SSSR count). The molecule has 1 aliphatic rings. The van der Waals surface area contributed by atoms with Crippen LogP contribution >= 0.6 is 0 Å². The van der Waals surface area contributed by atoms with Crippen molar-refractivity contribution in [2.75, 3.05) is 0 Å². The van der Waals surface area contributed by atoms with Gasteiger partial charge in [0.1, 0.15) is 5.82 Å². The van der Waals surface area contributed by atoms with E-state index < -0.39 is 0 Å². The van der Waals surface area contributed by atoms with Crippen LogP contribution in [0.2, 0.25) is 0 Å². The fourth-order valence-electron chi connectivity index (χ4n) is 2.55. The summed E-state index contributed by atoms with van der Waals surface area (Å²) in [7, 11) is 0. The van der Waals surface area contributed by atoms with Gasteiger partial charge in [-0.05, 0) is 18.6 Å². The second-order valence-electron chi connectivity index (χ2n) is 4.97. The summed E-state index contributed by atoms with van der Waals surface area (Å²) in [6.45, 7) is 2.82. The summed E-state index contributed by atoms with van der Waals surface area (Å²) in [6, 6.07) is 2.24. The molecule has 0 aliphatic carbocycles. The van der Waals surface area contributed by atoms with E-state index in [1.807, 2.05) is 13.1 Å². The molecule has 3 N–H and O–H groups in total. The Hall–Kier alpha value is -2.21. The Morgan fingerprint density at radius 1 is 1.32 bits per heavy atom. The van der Waals surface area contributed by atoms with E-state index in [9.17, 15) is 0 Å². The van der Waals surface area contributed by atoms with Gasteiger partial charge in [0.05, 0.1) is 29.3 Å². The van der Waals surface area contributed by atoms with Crippen molar-refractivity contribution in [3.8, 4) is 0 Å². The SMILES string of the molecule is Cc1cnc2nc(C3Cc4nc[nH]c4CN3)[nH]c2c1. The fourth-order valence-corrected chi connectivity index (χ4v) is 2.55. The van der Waals surface area contributed by atoms with Gasteiger partial charge >= 0.3 is 0 Å². The lowest BCUT2D eigenvalue weighted by atomic mass is 10.1. The smallest absolute Gasteiger partial charge is 0.177 e. The molecule has 0 fully saturated rings. The number of nitrogens with one attached hydrogen (secondary N) is 3. The minimum absolute atomic E-state index is 0.172. The number of aromatic amines is 2. The zero-order valence-electron chi connectivity index (χ0n) is 10.6. The quantitative estimate of drug-likeness (QED) is 0.612. The van der Waals surface area contributed by atoms with Crippen LogP contribution in [-0.4, -0.2) is 24.9 Å². The number of fused-ring (bicyclic) bond motifs is 2. The number of aryl methyl sites for hydroxylation is 1. The summed E-state index contributed by atoms with van der Waals surface area (Å²) in [5.41, 5.74) is 5.18. The minimum Gasteiger partial charge on any atom is -0.347 e. The number of hydrogen-bond donors (Lipinski definition) is 3. The Morgan fingerprint density at radius 3 is 3.21 bits per heavy atom. The first kappa shape index (κ1) is 10.7. The molecular weight excluding hydrogens is 240 g/mol. The van der Waals surface area contributed by atoms with Crippen LogP contribution in [0.1, 0.15) is 28.8 Å². The molecule has 19 heavy (non-hydrogen) atoms. The van der Waals surface area contributed by atoms with Gasteiger partial charge in [-0.1, -0.05) is 0 Å². The maximum absolute atomic E-state index is 4.57. The van der Waals surface area contributed by atoms with Gasteiger partial charge in [-0.25, -0.2) is 15.0 Å². The Balaban J connectivity index is 1.71. The van der Waals surface area contributed by atoms with E-state index in [0.29, 0.717) is 0 Å². The van der Waals surface area contributed by atoms with Gasteiger partial charge < -0.3 is 15.3 Å². The number of H-pyrrole nitrogens is 2. The molecule has 1 aliphatic heterocycles. The van der Waals surface area contributed by atoms with Crippen molar-refractivity contribution in [3.63, 3.8) is 0 Å². The second-order valence-corrected chi connectivity index (χ2v) is 4.97. The van der Waals surface area contributed by atoms with Gasteiger partial charge in [0, 0.05) is 19.2 Å². The summed E-state index contributed by atoms with van der Waals surface area (Å²) >= 11 is 0. The predicted octanol–water partition coefficient (Wildman–Crippen LogP) is 1.38. The topological polar surface area (TPSA) is 82.3 Å². The van der Waals surface area contributed by atoms with E-state index in [2.05, 4.69) is 36.3 Å². The third-order valence-electron chi connectivity index (χ3n) is 3.55. The van der Waals surface area contributed by atoms with E-state index >= 15 is 0 Å². The standard InChI is InChI=1S/C13H14N6/c1-7-2-10-12(15-4-7)19-13(18-10)9-3-8-11(5-14-9)17-6-16-8/h2,4,6,9,14H,3,5H2,1H3,(H,16,17)(H,15,18,19). The summed E-state index contributed by atoms with van der Waals surface area (Å²) in [5.74, 6) is 0.932. The lowest BCUT2D eigenvalue weighted by molar-refractivity contribution is 0.472. The molecule has 0 spiro atoms. The molecule has 4 heterocycles. The van der Waals surface area contributed by atoms with Gasteiger partial charge in [-0.15, -0.1) is 0 Å². The van der Waals surface area contributed by atoms with Gasteiger partial charge in [0.2, 0.25) is 0 Å². The molecule has 0 saturated heterocycles. The van der Waals surface area contributed by atoms with E-state index in [0.717, 1.165) is 41.2 Å². The highest BCUT2D eigenvalue weighted by Crippen LogP contribution is 2.23. The van der Waals surface area contributed by atoms with Crippen molar-refractivity contribution < 1.29 is 0 Å². The Morgan fingerprint density at radius 2 is 2.26 bits per heavy atom. The molecule has 1 unspecified atom stereocenters. The van der Waals surface area contributed by atoms with Crippen molar-refractivity contribution in [2.45, 2.75) is 25.9 Å². The monoisotopic (exact) mass is 254 g/mol. The van der Waals surface area contributed by atoms with E-state index in [-0.39, 0.29) is 6.04 Å². The van der Waals surface area contributed by atoms with Crippen molar-refractivity contribution >= 4 is 11.2 Å². The van der Waals surface area contributed by atoms with Crippen LogP contribution in [-0.2, 0) is 13.0 Å². The highest BCUT2D eigenvalue weighted by atomic mass is 15.1. The number of aromatic nitrogens is 5. The van der Waals surface area contributed by atoms with Crippen LogP contribution in [0.4, 0.5) is 0 Å². The lowest BCUT2D eigenvalue weighted by Crippen LogP contribution is -2.29. The first-order valence-corrected chi connectivity index (χ1v) is 6.36. The van der Waals surface area contributed by atoms with E-state index in [1.165, 1.54) is 5.69 Å². The average Bonchev–Trinajstić information content (AvgIpc) is 3.02. The van der Waals surface area contributed by atoms with E-state index in [4.69, 9.17) is 0 Å². The third-order valence-corrected chi connectivity index (χ3v) is 3.55. The molecule has 96 valence electrons. The van der Waals surface area contributed by atoms with Gasteiger partial charge in [0.25, 0.3) is 0 Å². The number of pyridine rings is 1. The maximum atomic E-state index is 4.57. The van der Waals surface area contributed by atoms with Gasteiger partial charge in [0.15, 0.2) is 5.65 Å². The second kappa shape index (κ2) is 3.89. The first-order valence-electron chi connectivity index (χ1n) is 6.36. The van der Waals surface area contributed by atoms with Crippen molar-refractivity contribution in [1.29, 1.82) is 0 Å². The van der Waals surface area contributed by atoms with Crippen LogP contribution in [0.5, 0.6) is 0 Å². The zero-order chi connectivity index (χ0) is 12.8. The summed E-state index contributed by atoms with van der Waals surface area (Å²) in [6.07, 6.45) is 4.43. The number of hydrogen-bond acceptors (Lipinski definition) is 4. The number of imidazole rings is 2. The molecule has 1 atom stereocenters. The molecule has 0 radical (unpaired) electrons. The van der Waals surface area contributed by atoms with E-state index in [1.54, 1.807) is 6.33 Å². The molecular formula is C13H14N6. The molecule has 3 aromatic heterocycles. The highest BCUT2D eigenvalue weighted by molar-refractivity contribution is 5.71. The Kier molecular flexibility index (Phi) is 2.19. The normalized spacial score (nSPS) is 18.7. The first-order chi connectivity index (χ1) is 9.29. The highest BCUT2D eigenvalue weighted by Gasteiger charge is 2.23. The fraction of sp³-hybridized carbons (Fsp3) is 0.308. The molecule has 0 amide bonds. The third kappa shape index (κ3) is 1.72. The van der Waals surface area contributed by atoms with Crippen LogP contribution in [0.15, 0.2) is 18.6 Å². The molecule has 0 saturated carbocycles. The number of rotatable bonds is 1. The molecule has 3 aromatic rings. The Bertz CT molecular complexity index is 741. The van der Waals surface area contributed by atoms with Crippen molar-refractivity contribution in [3.05, 3.63) is 41.4 Å². The van der Waals surface area contributed by atoms with Gasteiger partial charge in [-0.3, -0.25) is 0 Å². The van der Waals surface area contributed by atoms with Crippen LogP contribution in [0, 0.1) is 6.92 Å². The summed E-state index contributed by atoms with van der Waals surface area (Å²) in [4.78, 5) is 19.8. The van der Waals surface area contributed by atoms with Crippen LogP contribution in [0.3, 0.4) is 0 Å². The molecule has 0 bridgehead atoms. The number of nitrogens with zero attached hydrogens (tertiary/aromatic N) is 3. The zero-order valence-corrected chi connectivity index (χ0v) is 10.6. The lowest BCUT2D eigenvalue weighted by Gasteiger charge is -2.20. The summed E-state index contributed by atoms with van der Waals surface area (Å²) in [5, 5.41) is 3.46. The van der Waals surface area contributed by atoms with Crippen LogP contribution < -0.4 is 5.32 Å². The van der Waals surface area contributed by atoms with Crippen molar-refractivity contribution in [2.24, 2.45) is 0 Å².